The summed E-state index contributed by atoms with van der Waals surface area (Å²) in [6.45, 7) is -0.132. The predicted molar refractivity (Wildman–Crippen MR) is 70.1 cm³/mol. The van der Waals surface area contributed by atoms with Crippen molar-refractivity contribution in [2.75, 3.05) is 6.73 Å². The van der Waals surface area contributed by atoms with Gasteiger partial charge in [-0.15, -0.1) is 0 Å². The highest BCUT2D eigenvalue weighted by atomic mass is 16.6. The number of hydrogen-bond donors (Lipinski definition) is 1. The molecule has 1 aromatic rings. The molecule has 1 unspecified atom stereocenters. The van der Waals surface area contributed by atoms with Gasteiger partial charge in [-0.3, -0.25) is 9.69 Å². The molecule has 1 heterocycles. The van der Waals surface area contributed by atoms with Gasteiger partial charge < -0.3 is 14.6 Å². The van der Waals surface area contributed by atoms with Crippen molar-refractivity contribution in [2.24, 2.45) is 0 Å². The fraction of sp³-hybridized carbons (Fsp3) is 0.357. The summed E-state index contributed by atoms with van der Waals surface area (Å²) in [5.41, 5.74) is 0.819. The highest BCUT2D eigenvalue weighted by molar-refractivity contribution is 5.84. The Morgan fingerprint density at radius 1 is 1.33 bits per heavy atom. The number of rotatable bonds is 5. The Kier molecular flexibility index (Phi) is 4.76. The second-order valence-corrected chi connectivity index (χ2v) is 4.55. The predicted octanol–water partition coefficient (Wildman–Crippen LogP) is 1.37. The first-order chi connectivity index (χ1) is 10.1. The summed E-state index contributed by atoms with van der Waals surface area (Å²) in [6.07, 6.45) is -0.906. The molecule has 21 heavy (non-hydrogen) atoms. The fourth-order valence-electron chi connectivity index (χ4n) is 1.96. The number of nitrogens with zero attached hydrogens (tertiary/aromatic N) is 1. The van der Waals surface area contributed by atoms with Gasteiger partial charge in [0.15, 0.2) is 6.73 Å². The van der Waals surface area contributed by atoms with Crippen LogP contribution < -0.4 is 0 Å². The van der Waals surface area contributed by atoms with E-state index in [1.54, 1.807) is 12.1 Å². The van der Waals surface area contributed by atoms with Crippen LogP contribution in [0.5, 0.6) is 0 Å². The Balaban J connectivity index is 1.91. The summed E-state index contributed by atoms with van der Waals surface area (Å²) >= 11 is 0. The number of aliphatic carboxylic acids is 1. The number of carbonyl (C=O) groups excluding carboxylic acids is 2. The van der Waals surface area contributed by atoms with Gasteiger partial charge in [-0.05, 0) is 12.0 Å². The van der Waals surface area contributed by atoms with Crippen molar-refractivity contribution in [1.29, 1.82) is 0 Å². The third-order valence-electron chi connectivity index (χ3n) is 3.07. The lowest BCUT2D eigenvalue weighted by atomic mass is 10.1. The molecule has 1 N–H and O–H groups in total. The van der Waals surface area contributed by atoms with Gasteiger partial charge in [0.05, 0.1) is 0 Å². The van der Waals surface area contributed by atoms with E-state index in [0.717, 1.165) is 10.5 Å². The lowest BCUT2D eigenvalue weighted by molar-refractivity contribution is -0.140. The number of amides is 1. The van der Waals surface area contributed by atoms with Crippen LogP contribution in [-0.4, -0.2) is 40.8 Å². The molecule has 0 spiro atoms. The number of carboxylic acid groups (broad SMARTS) is 1. The van der Waals surface area contributed by atoms with Crippen molar-refractivity contribution in [3.63, 3.8) is 0 Å². The lowest BCUT2D eigenvalue weighted by Crippen LogP contribution is -2.38. The molecule has 1 amide bonds. The van der Waals surface area contributed by atoms with Crippen molar-refractivity contribution >= 4 is 18.0 Å². The molecule has 7 heteroatoms. The summed E-state index contributed by atoms with van der Waals surface area (Å²) in [5, 5.41) is 8.65. The largest absolute Gasteiger partial charge is 0.481 e. The molecular weight excluding hydrogens is 278 g/mol. The average Bonchev–Trinajstić information content (AvgIpc) is 2.85. The fourth-order valence-corrected chi connectivity index (χ4v) is 1.96. The van der Waals surface area contributed by atoms with E-state index in [9.17, 15) is 14.4 Å². The minimum atomic E-state index is -1.03. The van der Waals surface area contributed by atoms with Gasteiger partial charge in [0.2, 0.25) is 0 Å². The second kappa shape index (κ2) is 6.74. The highest BCUT2D eigenvalue weighted by Gasteiger charge is 2.38. The molecule has 0 aromatic heterocycles. The average molecular weight is 293 g/mol. The molecule has 112 valence electrons. The third kappa shape index (κ3) is 3.95. The molecule has 1 saturated heterocycles. The molecule has 1 aromatic carbocycles. The van der Waals surface area contributed by atoms with Gasteiger partial charge >= 0.3 is 18.0 Å². The standard InChI is InChI=1S/C14H15NO6/c16-12(17)7-6-11-13(18)21-9-15(11)14(19)20-8-10-4-2-1-3-5-10/h1-5,11H,6-9H2,(H,16,17). The lowest BCUT2D eigenvalue weighted by Gasteiger charge is -2.19. The first-order valence-electron chi connectivity index (χ1n) is 6.43. The van der Waals surface area contributed by atoms with E-state index in [0.29, 0.717) is 0 Å². The zero-order chi connectivity index (χ0) is 15.2. The zero-order valence-electron chi connectivity index (χ0n) is 11.2. The Bertz CT molecular complexity index is 530. The third-order valence-corrected chi connectivity index (χ3v) is 3.07. The normalized spacial score (nSPS) is 17.4. The SMILES string of the molecule is O=C(O)CCC1C(=O)OCN1C(=O)OCc1ccccc1. The molecule has 1 aliphatic rings. The minimum absolute atomic E-state index is 0.00854. The van der Waals surface area contributed by atoms with Crippen LogP contribution in [-0.2, 0) is 25.7 Å². The van der Waals surface area contributed by atoms with Gasteiger partial charge in [0, 0.05) is 6.42 Å². The molecule has 1 atom stereocenters. The van der Waals surface area contributed by atoms with E-state index in [-0.39, 0.29) is 26.2 Å². The van der Waals surface area contributed by atoms with E-state index >= 15 is 0 Å². The first-order valence-corrected chi connectivity index (χ1v) is 6.43. The molecule has 2 rings (SSSR count). The van der Waals surface area contributed by atoms with Gasteiger partial charge in [0.25, 0.3) is 0 Å². The second-order valence-electron chi connectivity index (χ2n) is 4.55. The Morgan fingerprint density at radius 2 is 2.05 bits per heavy atom. The zero-order valence-corrected chi connectivity index (χ0v) is 11.2. The maximum atomic E-state index is 11.9. The molecule has 1 fully saturated rings. The number of ether oxygens (including phenoxy) is 2. The van der Waals surface area contributed by atoms with Gasteiger partial charge in [-0.2, -0.15) is 0 Å². The van der Waals surface area contributed by atoms with Crippen molar-refractivity contribution < 1.29 is 29.0 Å². The Labute approximate surface area is 121 Å². The smallest absolute Gasteiger partial charge is 0.413 e. The van der Waals surface area contributed by atoms with E-state index in [1.807, 2.05) is 18.2 Å². The quantitative estimate of drug-likeness (QED) is 0.824. The van der Waals surface area contributed by atoms with E-state index in [4.69, 9.17) is 14.6 Å². The molecule has 0 saturated carbocycles. The summed E-state index contributed by atoms with van der Waals surface area (Å²) in [6, 6.07) is 8.20. The van der Waals surface area contributed by atoms with Crippen LogP contribution in [0.25, 0.3) is 0 Å². The summed E-state index contributed by atoms with van der Waals surface area (Å²) < 4.78 is 9.88. The van der Waals surface area contributed by atoms with E-state index in [1.165, 1.54) is 0 Å². The van der Waals surface area contributed by atoms with Crippen molar-refractivity contribution in [3.05, 3.63) is 35.9 Å². The van der Waals surface area contributed by atoms with E-state index in [2.05, 4.69) is 0 Å². The van der Waals surface area contributed by atoms with Crippen LogP contribution in [0.2, 0.25) is 0 Å². The van der Waals surface area contributed by atoms with Gasteiger partial charge in [-0.25, -0.2) is 9.59 Å². The van der Waals surface area contributed by atoms with E-state index < -0.39 is 24.1 Å². The topological polar surface area (TPSA) is 93.1 Å². The number of benzene rings is 1. The summed E-state index contributed by atoms with van der Waals surface area (Å²) in [5.74, 6) is -1.64. The maximum Gasteiger partial charge on any atom is 0.413 e. The minimum Gasteiger partial charge on any atom is -0.481 e. The monoisotopic (exact) mass is 293 g/mol. The van der Waals surface area contributed by atoms with Crippen molar-refractivity contribution in [1.82, 2.24) is 4.90 Å². The van der Waals surface area contributed by atoms with Crippen LogP contribution >= 0.6 is 0 Å². The van der Waals surface area contributed by atoms with Crippen molar-refractivity contribution in [2.45, 2.75) is 25.5 Å². The Hall–Kier alpha value is -2.57. The van der Waals surface area contributed by atoms with Crippen LogP contribution in [0, 0.1) is 0 Å². The summed E-state index contributed by atoms with van der Waals surface area (Å²) in [4.78, 5) is 35.1. The number of carbonyl (C=O) groups is 3. The number of carboxylic acids is 1. The van der Waals surface area contributed by atoms with Crippen molar-refractivity contribution in [3.8, 4) is 0 Å². The Morgan fingerprint density at radius 3 is 2.71 bits per heavy atom. The highest BCUT2D eigenvalue weighted by Crippen LogP contribution is 2.18. The first kappa shape index (κ1) is 14.8. The molecule has 0 aliphatic carbocycles. The molecule has 1 aliphatic heterocycles. The van der Waals surface area contributed by atoms with Crippen LogP contribution in [0.1, 0.15) is 18.4 Å². The van der Waals surface area contributed by atoms with Crippen LogP contribution in [0.15, 0.2) is 30.3 Å². The number of cyclic esters (lactones) is 1. The van der Waals surface area contributed by atoms with Crippen LogP contribution in [0.3, 0.4) is 0 Å². The molecular formula is C14H15NO6. The molecule has 7 nitrogen and oxygen atoms in total. The van der Waals surface area contributed by atoms with Crippen LogP contribution in [0.4, 0.5) is 4.79 Å². The number of hydrogen-bond acceptors (Lipinski definition) is 5. The summed E-state index contributed by atoms with van der Waals surface area (Å²) in [7, 11) is 0. The van der Waals surface area contributed by atoms with Gasteiger partial charge in [-0.1, -0.05) is 30.3 Å². The maximum absolute atomic E-state index is 11.9. The molecule has 0 bridgehead atoms. The van der Waals surface area contributed by atoms with Gasteiger partial charge in [0.1, 0.15) is 12.6 Å². The number of esters is 1. The molecule has 0 radical (unpaired) electrons.